The Kier molecular flexibility index (Phi) is 1.93. The van der Waals surface area contributed by atoms with E-state index in [-0.39, 0.29) is 0 Å². The number of rotatable bonds is 0. The van der Waals surface area contributed by atoms with Gasteiger partial charge in [0.05, 0.1) is 0 Å². The van der Waals surface area contributed by atoms with E-state index in [1.54, 1.807) is 0 Å². The molecule has 2 unspecified atom stereocenters. The quantitative estimate of drug-likeness (QED) is 0.432. The van der Waals surface area contributed by atoms with Crippen molar-refractivity contribution in [3.8, 4) is 0 Å². The van der Waals surface area contributed by atoms with Crippen LogP contribution in [0.1, 0.15) is 25.7 Å². The van der Waals surface area contributed by atoms with Gasteiger partial charge in [-0.05, 0) is 23.8 Å². The predicted molar refractivity (Wildman–Crippen MR) is 44.4 cm³/mol. The van der Waals surface area contributed by atoms with Crippen LogP contribution in [0.5, 0.6) is 0 Å². The normalized spacial score (nSPS) is 42.7. The minimum Gasteiger partial charge on any atom is -0.251 e. The Morgan fingerprint density at radius 2 is 2.11 bits per heavy atom. The molecule has 52 valence electrons. The zero-order chi connectivity index (χ0) is 6.10. The molecule has 2 rings (SSSR count). The highest BCUT2D eigenvalue weighted by Crippen LogP contribution is 2.41. The summed E-state index contributed by atoms with van der Waals surface area (Å²) in [6, 6.07) is 0.841. The molecule has 0 aromatic rings. The fraction of sp³-hybridized carbons (Fsp3) is 1.00. The Labute approximate surface area is 63.9 Å². The molecule has 1 heterocycles. The van der Waals surface area contributed by atoms with Crippen molar-refractivity contribution in [2.24, 2.45) is 0 Å². The van der Waals surface area contributed by atoms with Crippen LogP contribution in [-0.2, 0) is 0 Å². The van der Waals surface area contributed by atoms with Crippen LogP contribution >= 0.6 is 21.8 Å². The van der Waals surface area contributed by atoms with E-state index >= 15 is 0 Å². The first-order valence-electron chi connectivity index (χ1n) is 3.54. The van der Waals surface area contributed by atoms with E-state index in [0.717, 1.165) is 11.3 Å². The van der Waals surface area contributed by atoms with Gasteiger partial charge in [0.1, 0.15) is 0 Å². The lowest BCUT2D eigenvalue weighted by atomic mass is 9.96. The Bertz CT molecular complexity index is 95.2. The maximum Gasteiger partial charge on any atom is 0.0326 e. The Morgan fingerprint density at radius 1 is 1.22 bits per heavy atom. The molecule has 0 amide bonds. The number of hydrogen-bond donors (Lipinski definition) is 1. The van der Waals surface area contributed by atoms with Crippen molar-refractivity contribution in [1.82, 2.24) is 4.72 Å². The third-order valence-corrected chi connectivity index (χ3v) is 4.70. The van der Waals surface area contributed by atoms with Crippen LogP contribution in [0.4, 0.5) is 0 Å². The van der Waals surface area contributed by atoms with Crippen LogP contribution in [-0.4, -0.2) is 11.3 Å². The van der Waals surface area contributed by atoms with Gasteiger partial charge in [-0.1, -0.05) is 23.6 Å². The summed E-state index contributed by atoms with van der Waals surface area (Å²) in [6.45, 7) is 0. The van der Waals surface area contributed by atoms with Gasteiger partial charge in [0, 0.05) is 11.3 Å². The van der Waals surface area contributed by atoms with Crippen molar-refractivity contribution in [2.75, 3.05) is 0 Å². The van der Waals surface area contributed by atoms with Crippen LogP contribution < -0.4 is 4.72 Å². The highest BCUT2D eigenvalue weighted by atomic mass is 33.1. The largest absolute Gasteiger partial charge is 0.251 e. The van der Waals surface area contributed by atoms with Crippen LogP contribution in [0, 0.1) is 0 Å². The lowest BCUT2D eigenvalue weighted by molar-refractivity contribution is 0.442. The molecule has 3 heteroatoms. The Morgan fingerprint density at radius 3 is 3.00 bits per heavy atom. The van der Waals surface area contributed by atoms with Crippen molar-refractivity contribution >= 4 is 21.8 Å². The molecule has 1 saturated heterocycles. The highest BCUT2D eigenvalue weighted by molar-refractivity contribution is 8.76. The SMILES string of the molecule is C1CCC2SSNC2C1. The van der Waals surface area contributed by atoms with Gasteiger partial charge in [-0.2, -0.15) is 0 Å². The molecule has 1 nitrogen and oxygen atoms in total. The molecule has 9 heavy (non-hydrogen) atoms. The second-order valence-electron chi connectivity index (χ2n) is 2.73. The summed E-state index contributed by atoms with van der Waals surface area (Å²) >= 11 is 0. The van der Waals surface area contributed by atoms with E-state index < -0.39 is 0 Å². The van der Waals surface area contributed by atoms with Crippen LogP contribution in [0.2, 0.25) is 0 Å². The fourth-order valence-electron chi connectivity index (χ4n) is 1.50. The van der Waals surface area contributed by atoms with E-state index in [1.807, 2.05) is 21.8 Å². The van der Waals surface area contributed by atoms with E-state index in [1.165, 1.54) is 25.7 Å². The molecule has 0 spiro atoms. The zero-order valence-electron chi connectivity index (χ0n) is 5.30. The summed E-state index contributed by atoms with van der Waals surface area (Å²) in [6.07, 6.45) is 5.74. The average Bonchev–Trinajstić information content (AvgIpc) is 2.33. The summed E-state index contributed by atoms with van der Waals surface area (Å²) in [5, 5.41) is 0.934. The van der Waals surface area contributed by atoms with Gasteiger partial charge in [-0.3, -0.25) is 4.72 Å². The summed E-state index contributed by atoms with van der Waals surface area (Å²) in [7, 11) is 3.88. The minimum absolute atomic E-state index is 0.841. The van der Waals surface area contributed by atoms with Crippen molar-refractivity contribution < 1.29 is 0 Å². The van der Waals surface area contributed by atoms with Gasteiger partial charge < -0.3 is 0 Å². The van der Waals surface area contributed by atoms with E-state index in [2.05, 4.69) is 4.72 Å². The maximum atomic E-state index is 3.44. The molecular formula is C6H11NS2. The molecule has 2 aliphatic rings. The molecule has 0 radical (unpaired) electrons. The van der Waals surface area contributed by atoms with Crippen LogP contribution in [0.3, 0.4) is 0 Å². The van der Waals surface area contributed by atoms with Gasteiger partial charge in [0.2, 0.25) is 0 Å². The summed E-state index contributed by atoms with van der Waals surface area (Å²) in [5.41, 5.74) is 0. The number of nitrogens with one attached hydrogen (secondary N) is 1. The molecule has 1 aliphatic heterocycles. The lowest BCUT2D eigenvalue weighted by Gasteiger charge is -2.21. The fourth-order valence-corrected chi connectivity index (χ4v) is 4.37. The first-order chi connectivity index (χ1) is 4.47. The Balaban J connectivity index is 1.97. The smallest absolute Gasteiger partial charge is 0.0326 e. The molecule has 0 aromatic heterocycles. The molecule has 1 aliphatic carbocycles. The first-order valence-corrected chi connectivity index (χ1v) is 5.76. The van der Waals surface area contributed by atoms with Gasteiger partial charge in [0.25, 0.3) is 0 Å². The van der Waals surface area contributed by atoms with Crippen LogP contribution in [0.15, 0.2) is 0 Å². The molecule has 0 aromatic carbocycles. The highest BCUT2D eigenvalue weighted by Gasteiger charge is 2.30. The molecular weight excluding hydrogens is 150 g/mol. The van der Waals surface area contributed by atoms with E-state index in [0.29, 0.717) is 0 Å². The third kappa shape index (κ3) is 1.23. The van der Waals surface area contributed by atoms with Gasteiger partial charge >= 0.3 is 0 Å². The zero-order valence-corrected chi connectivity index (χ0v) is 6.93. The summed E-state index contributed by atoms with van der Waals surface area (Å²) in [4.78, 5) is 0. The van der Waals surface area contributed by atoms with E-state index in [4.69, 9.17) is 0 Å². The number of fused-ring (bicyclic) bond motifs is 1. The molecule has 2 atom stereocenters. The number of hydrogen-bond acceptors (Lipinski definition) is 3. The second kappa shape index (κ2) is 2.72. The van der Waals surface area contributed by atoms with Gasteiger partial charge in [-0.15, -0.1) is 0 Å². The first kappa shape index (κ1) is 6.38. The molecule has 1 saturated carbocycles. The summed E-state index contributed by atoms with van der Waals surface area (Å²) in [5.74, 6) is 0. The average molecular weight is 161 g/mol. The van der Waals surface area contributed by atoms with E-state index in [9.17, 15) is 0 Å². The van der Waals surface area contributed by atoms with Crippen LogP contribution in [0.25, 0.3) is 0 Å². The minimum atomic E-state index is 0.841. The van der Waals surface area contributed by atoms with Gasteiger partial charge in [-0.25, -0.2) is 0 Å². The molecule has 0 bridgehead atoms. The standard InChI is InChI=1S/C6H11NS2/c1-2-4-6-5(3-1)7-9-8-6/h5-7H,1-4H2. The third-order valence-electron chi connectivity index (χ3n) is 2.07. The lowest BCUT2D eigenvalue weighted by Crippen LogP contribution is -2.30. The van der Waals surface area contributed by atoms with Crippen molar-refractivity contribution in [2.45, 2.75) is 37.0 Å². The maximum absolute atomic E-state index is 3.44. The van der Waals surface area contributed by atoms with Crippen molar-refractivity contribution in [1.29, 1.82) is 0 Å². The van der Waals surface area contributed by atoms with Crippen molar-refractivity contribution in [3.63, 3.8) is 0 Å². The monoisotopic (exact) mass is 161 g/mol. The van der Waals surface area contributed by atoms with Crippen molar-refractivity contribution in [3.05, 3.63) is 0 Å². The Hall–Kier alpha value is 0.660. The summed E-state index contributed by atoms with van der Waals surface area (Å²) < 4.78 is 3.44. The predicted octanol–water partition coefficient (Wildman–Crippen LogP) is 2.20. The van der Waals surface area contributed by atoms with Gasteiger partial charge in [0.15, 0.2) is 0 Å². The topological polar surface area (TPSA) is 12.0 Å². The molecule has 2 fully saturated rings. The molecule has 1 N–H and O–H groups in total. The second-order valence-corrected chi connectivity index (χ2v) is 5.00.